The minimum Gasteiger partial charge on any atom is -0.489 e. The van der Waals surface area contributed by atoms with Crippen molar-refractivity contribution in [2.45, 2.75) is 57.6 Å². The first kappa shape index (κ1) is 20.5. The van der Waals surface area contributed by atoms with Crippen molar-refractivity contribution >= 4 is 11.8 Å². The molecule has 1 aliphatic heterocycles. The molecule has 2 fully saturated rings. The van der Waals surface area contributed by atoms with E-state index in [-0.39, 0.29) is 30.4 Å². The molecule has 1 aromatic carbocycles. The number of carbonyl (C=O) groups excluding carboxylic acids is 2. The van der Waals surface area contributed by atoms with Gasteiger partial charge in [-0.1, -0.05) is 37.5 Å². The number of amides is 2. The van der Waals surface area contributed by atoms with Gasteiger partial charge >= 0.3 is 0 Å². The number of furan rings is 1. The van der Waals surface area contributed by atoms with Gasteiger partial charge in [-0.25, -0.2) is 0 Å². The first-order valence-electron chi connectivity index (χ1n) is 11.0. The van der Waals surface area contributed by atoms with Crippen molar-refractivity contribution in [2.75, 3.05) is 13.1 Å². The Labute approximate surface area is 177 Å². The van der Waals surface area contributed by atoms with Crippen molar-refractivity contribution in [2.24, 2.45) is 5.92 Å². The largest absolute Gasteiger partial charge is 0.489 e. The smallest absolute Gasteiger partial charge is 0.289 e. The highest BCUT2D eigenvalue weighted by atomic mass is 16.5. The number of piperidine rings is 1. The predicted octanol–water partition coefficient (Wildman–Crippen LogP) is 4.16. The first-order valence-corrected chi connectivity index (χ1v) is 11.0. The number of hydrogen-bond acceptors (Lipinski definition) is 4. The summed E-state index contributed by atoms with van der Waals surface area (Å²) in [5, 5.41) is 3.21. The average Bonchev–Trinajstić information content (AvgIpc) is 3.27. The van der Waals surface area contributed by atoms with Gasteiger partial charge in [0.05, 0.1) is 6.26 Å². The number of benzene rings is 1. The lowest BCUT2D eigenvalue weighted by Gasteiger charge is -2.33. The molecule has 1 saturated heterocycles. The van der Waals surface area contributed by atoms with Gasteiger partial charge in [0.2, 0.25) is 5.91 Å². The third kappa shape index (κ3) is 5.04. The van der Waals surface area contributed by atoms with E-state index in [1.165, 1.54) is 12.7 Å². The molecule has 0 spiro atoms. The molecule has 2 heterocycles. The maximum Gasteiger partial charge on any atom is 0.289 e. The molecule has 2 aliphatic rings. The third-order valence-corrected chi connectivity index (χ3v) is 6.18. The second kappa shape index (κ2) is 9.83. The van der Waals surface area contributed by atoms with Crippen LogP contribution in [0.3, 0.4) is 0 Å². The molecule has 6 heteroatoms. The third-order valence-electron chi connectivity index (χ3n) is 6.18. The lowest BCUT2D eigenvalue weighted by Crippen LogP contribution is -2.48. The summed E-state index contributed by atoms with van der Waals surface area (Å²) >= 11 is 0. The first-order chi connectivity index (χ1) is 14.7. The second-order valence-corrected chi connectivity index (χ2v) is 8.29. The number of likely N-dealkylation sites (tertiary alicyclic amines) is 1. The van der Waals surface area contributed by atoms with Crippen LogP contribution in [0.25, 0.3) is 0 Å². The van der Waals surface area contributed by atoms with Crippen molar-refractivity contribution in [1.29, 1.82) is 0 Å². The Kier molecular flexibility index (Phi) is 6.72. The topological polar surface area (TPSA) is 71.8 Å². The molecule has 160 valence electrons. The Bertz CT molecular complexity index is 834. The van der Waals surface area contributed by atoms with E-state index in [4.69, 9.17) is 9.15 Å². The molecule has 0 radical (unpaired) electrons. The molecule has 1 aromatic heterocycles. The molecule has 1 N–H and O–H groups in total. The van der Waals surface area contributed by atoms with Crippen LogP contribution < -0.4 is 10.1 Å². The normalized spacial score (nSPS) is 18.2. The van der Waals surface area contributed by atoms with Crippen LogP contribution in [0, 0.1) is 5.92 Å². The van der Waals surface area contributed by atoms with Crippen molar-refractivity contribution in [3.05, 3.63) is 54.0 Å². The Morgan fingerprint density at radius 2 is 1.73 bits per heavy atom. The Morgan fingerprint density at radius 1 is 1.00 bits per heavy atom. The van der Waals surface area contributed by atoms with Gasteiger partial charge in [0.15, 0.2) is 5.76 Å². The van der Waals surface area contributed by atoms with E-state index in [1.54, 1.807) is 6.07 Å². The van der Waals surface area contributed by atoms with E-state index >= 15 is 0 Å². The molecule has 1 saturated carbocycles. The summed E-state index contributed by atoms with van der Waals surface area (Å²) in [5.74, 6) is 1.37. The summed E-state index contributed by atoms with van der Waals surface area (Å²) in [6.07, 6.45) is 8.67. The number of hydrogen-bond donors (Lipinski definition) is 1. The standard InChI is InChI=1S/C24H30N2O4/c27-23(18-7-3-1-4-8-18)25-20-11-14-26(15-12-20)24(28)22-19(13-16-29-22)17-30-21-9-5-2-6-10-21/h2,5-6,9-10,13,16,18,20H,1,3-4,7-8,11-12,14-15,17H2,(H,25,27). The molecule has 4 rings (SSSR count). The van der Waals surface area contributed by atoms with Crippen molar-refractivity contribution in [3.63, 3.8) is 0 Å². The highest BCUT2D eigenvalue weighted by molar-refractivity contribution is 5.93. The Hall–Kier alpha value is -2.76. The van der Waals surface area contributed by atoms with Crippen LogP contribution in [0.1, 0.15) is 61.1 Å². The number of rotatable bonds is 6. The summed E-state index contributed by atoms with van der Waals surface area (Å²) in [5.41, 5.74) is 0.747. The van der Waals surface area contributed by atoms with Gasteiger partial charge < -0.3 is 19.4 Å². The van der Waals surface area contributed by atoms with E-state index < -0.39 is 0 Å². The number of para-hydroxylation sites is 1. The highest BCUT2D eigenvalue weighted by Gasteiger charge is 2.29. The van der Waals surface area contributed by atoms with Crippen LogP contribution in [-0.4, -0.2) is 35.8 Å². The summed E-state index contributed by atoms with van der Waals surface area (Å²) in [7, 11) is 0. The van der Waals surface area contributed by atoms with Gasteiger partial charge in [0, 0.05) is 30.6 Å². The molecule has 0 bridgehead atoms. The molecule has 0 unspecified atom stereocenters. The number of nitrogens with one attached hydrogen (secondary N) is 1. The monoisotopic (exact) mass is 410 g/mol. The van der Waals surface area contributed by atoms with E-state index in [0.717, 1.165) is 49.8 Å². The van der Waals surface area contributed by atoms with Gasteiger partial charge in [0.25, 0.3) is 5.91 Å². The minimum absolute atomic E-state index is 0.108. The second-order valence-electron chi connectivity index (χ2n) is 8.29. The van der Waals surface area contributed by atoms with Gasteiger partial charge in [-0.15, -0.1) is 0 Å². The van der Waals surface area contributed by atoms with Crippen LogP contribution >= 0.6 is 0 Å². The van der Waals surface area contributed by atoms with Crippen LogP contribution in [0.4, 0.5) is 0 Å². The van der Waals surface area contributed by atoms with E-state index in [9.17, 15) is 9.59 Å². The molecular formula is C24H30N2O4. The fraction of sp³-hybridized carbons (Fsp3) is 0.500. The number of ether oxygens (including phenoxy) is 1. The van der Waals surface area contributed by atoms with Crippen molar-refractivity contribution < 1.29 is 18.7 Å². The van der Waals surface area contributed by atoms with E-state index in [0.29, 0.717) is 18.8 Å². The van der Waals surface area contributed by atoms with Gasteiger partial charge in [-0.2, -0.15) is 0 Å². The molecule has 1 aliphatic carbocycles. The van der Waals surface area contributed by atoms with Crippen molar-refractivity contribution in [1.82, 2.24) is 10.2 Å². The molecule has 2 amide bonds. The van der Waals surface area contributed by atoms with E-state index in [2.05, 4.69) is 5.32 Å². The van der Waals surface area contributed by atoms with Crippen molar-refractivity contribution in [3.8, 4) is 5.75 Å². The predicted molar refractivity (Wildman–Crippen MR) is 113 cm³/mol. The van der Waals surface area contributed by atoms with E-state index in [1.807, 2.05) is 35.2 Å². The van der Waals surface area contributed by atoms with Gasteiger partial charge in [-0.3, -0.25) is 9.59 Å². The van der Waals surface area contributed by atoms with Crippen LogP contribution in [0.15, 0.2) is 47.1 Å². The Balaban J connectivity index is 1.27. The van der Waals surface area contributed by atoms with Gasteiger partial charge in [0.1, 0.15) is 12.4 Å². The molecule has 6 nitrogen and oxygen atoms in total. The lowest BCUT2D eigenvalue weighted by atomic mass is 9.88. The summed E-state index contributed by atoms with van der Waals surface area (Å²) < 4.78 is 11.3. The zero-order valence-corrected chi connectivity index (χ0v) is 17.3. The average molecular weight is 411 g/mol. The lowest BCUT2D eigenvalue weighted by molar-refractivity contribution is -0.126. The molecule has 30 heavy (non-hydrogen) atoms. The number of nitrogens with zero attached hydrogens (tertiary/aromatic N) is 1. The highest BCUT2D eigenvalue weighted by Crippen LogP contribution is 2.25. The van der Waals surface area contributed by atoms with Crippen LogP contribution in [-0.2, 0) is 11.4 Å². The number of carbonyl (C=O) groups is 2. The zero-order chi connectivity index (χ0) is 20.8. The fourth-order valence-electron chi connectivity index (χ4n) is 4.37. The summed E-state index contributed by atoms with van der Waals surface area (Å²) in [6.45, 7) is 1.53. The maximum atomic E-state index is 13.0. The zero-order valence-electron chi connectivity index (χ0n) is 17.3. The minimum atomic E-state index is -0.108. The Morgan fingerprint density at radius 3 is 2.47 bits per heavy atom. The summed E-state index contributed by atoms with van der Waals surface area (Å²) in [4.78, 5) is 27.3. The molecular weight excluding hydrogens is 380 g/mol. The molecule has 2 aromatic rings. The summed E-state index contributed by atoms with van der Waals surface area (Å²) in [6, 6.07) is 11.5. The quantitative estimate of drug-likeness (QED) is 0.776. The molecule has 0 atom stereocenters. The maximum absolute atomic E-state index is 13.0. The SMILES string of the molecule is O=C(NC1CCN(C(=O)c2occc2COc2ccccc2)CC1)C1CCCCC1. The van der Waals surface area contributed by atoms with Crippen LogP contribution in [0.2, 0.25) is 0 Å². The fourth-order valence-corrected chi connectivity index (χ4v) is 4.37. The van der Waals surface area contributed by atoms with Crippen LogP contribution in [0.5, 0.6) is 5.75 Å². The van der Waals surface area contributed by atoms with Gasteiger partial charge in [-0.05, 0) is 43.9 Å².